The Morgan fingerprint density at radius 1 is 1.16 bits per heavy atom. The molecular formula is C25H28F3N5O3S. The number of carbonyl (C=O) groups excluding carboxylic acids is 2. The number of piperidine rings is 1. The zero-order valence-corrected chi connectivity index (χ0v) is 21.6. The van der Waals surface area contributed by atoms with Crippen LogP contribution in [0.25, 0.3) is 10.2 Å². The minimum atomic E-state index is -4.77. The highest BCUT2D eigenvalue weighted by atomic mass is 32.1. The van der Waals surface area contributed by atoms with Crippen LogP contribution in [0.4, 0.5) is 24.5 Å². The topological polar surface area (TPSA) is 87.7 Å². The van der Waals surface area contributed by atoms with Gasteiger partial charge in [0.05, 0.1) is 22.3 Å². The Kier molecular flexibility index (Phi) is 7.86. The molecule has 0 radical (unpaired) electrons. The summed E-state index contributed by atoms with van der Waals surface area (Å²) in [6, 6.07) is 5.07. The van der Waals surface area contributed by atoms with Crippen LogP contribution in [-0.2, 0) is 4.79 Å². The van der Waals surface area contributed by atoms with Gasteiger partial charge in [0.25, 0.3) is 5.91 Å². The van der Waals surface area contributed by atoms with Crippen LogP contribution in [0.2, 0.25) is 0 Å². The van der Waals surface area contributed by atoms with E-state index in [0.717, 1.165) is 33.7 Å². The molecule has 0 unspecified atom stereocenters. The quantitative estimate of drug-likeness (QED) is 0.446. The number of aromatic nitrogens is 2. The number of anilines is 2. The van der Waals surface area contributed by atoms with Gasteiger partial charge >= 0.3 is 6.36 Å². The third-order valence-electron chi connectivity index (χ3n) is 6.47. The van der Waals surface area contributed by atoms with Gasteiger partial charge in [0.1, 0.15) is 10.6 Å². The summed E-state index contributed by atoms with van der Waals surface area (Å²) in [6.45, 7) is 8.06. The number of ether oxygens (including phenoxy) is 1. The standard InChI is InChI=1S/C25H28F3N5O3S/c1-4-32(5-2)24(35)19-14-29-23-20(15(3)31-37-23)21(19)33-12-10-16(11-13-33)22(34)30-17-6-8-18(9-7-17)36-25(26,27)28/h6-9,14,16H,4-5,10-13H2,1-3H3,(H,30,34). The lowest BCUT2D eigenvalue weighted by molar-refractivity contribution is -0.274. The molecule has 198 valence electrons. The van der Waals surface area contributed by atoms with E-state index in [-0.39, 0.29) is 23.5 Å². The normalized spacial score (nSPS) is 14.6. The van der Waals surface area contributed by atoms with Crippen LogP contribution < -0.4 is 15.0 Å². The smallest absolute Gasteiger partial charge is 0.406 e. The fourth-order valence-electron chi connectivity index (χ4n) is 4.55. The molecule has 1 N–H and O–H groups in total. The Labute approximate surface area is 216 Å². The number of halogens is 3. The first-order chi connectivity index (χ1) is 17.6. The molecule has 37 heavy (non-hydrogen) atoms. The number of pyridine rings is 1. The predicted octanol–water partition coefficient (Wildman–Crippen LogP) is 5.24. The molecule has 2 amide bonds. The Morgan fingerprint density at radius 2 is 1.81 bits per heavy atom. The van der Waals surface area contributed by atoms with E-state index < -0.39 is 6.36 Å². The molecule has 0 aliphatic carbocycles. The monoisotopic (exact) mass is 535 g/mol. The molecular weight excluding hydrogens is 507 g/mol. The first-order valence-corrected chi connectivity index (χ1v) is 12.8. The zero-order valence-electron chi connectivity index (χ0n) is 20.8. The highest BCUT2D eigenvalue weighted by molar-refractivity contribution is 7.13. The number of fused-ring (bicyclic) bond motifs is 1. The molecule has 1 saturated heterocycles. The summed E-state index contributed by atoms with van der Waals surface area (Å²) in [5.74, 6) is -0.909. The molecule has 1 aliphatic heterocycles. The van der Waals surface area contributed by atoms with Crippen LogP contribution in [0, 0.1) is 12.8 Å². The van der Waals surface area contributed by atoms with Crippen molar-refractivity contribution in [3.63, 3.8) is 0 Å². The molecule has 0 saturated carbocycles. The molecule has 1 fully saturated rings. The van der Waals surface area contributed by atoms with Gasteiger partial charge in [0.2, 0.25) is 5.91 Å². The second kappa shape index (κ2) is 10.9. The highest BCUT2D eigenvalue weighted by Gasteiger charge is 2.32. The average Bonchev–Trinajstić information content (AvgIpc) is 3.25. The van der Waals surface area contributed by atoms with E-state index in [9.17, 15) is 22.8 Å². The lowest BCUT2D eigenvalue weighted by Crippen LogP contribution is -2.40. The third-order valence-corrected chi connectivity index (χ3v) is 7.31. The number of amides is 2. The van der Waals surface area contributed by atoms with Crippen LogP contribution in [0.5, 0.6) is 5.75 Å². The zero-order chi connectivity index (χ0) is 26.7. The van der Waals surface area contributed by atoms with Crippen molar-refractivity contribution >= 4 is 44.9 Å². The van der Waals surface area contributed by atoms with Gasteiger partial charge in [-0.05, 0) is 69.4 Å². The van der Waals surface area contributed by atoms with Crippen molar-refractivity contribution < 1.29 is 27.5 Å². The van der Waals surface area contributed by atoms with Crippen molar-refractivity contribution in [1.82, 2.24) is 14.3 Å². The van der Waals surface area contributed by atoms with Gasteiger partial charge in [0.15, 0.2) is 0 Å². The fraction of sp³-hybridized carbons (Fsp3) is 0.440. The van der Waals surface area contributed by atoms with E-state index in [1.165, 1.54) is 23.7 Å². The molecule has 8 nitrogen and oxygen atoms in total. The Hall–Kier alpha value is -3.41. The maximum atomic E-state index is 13.3. The van der Waals surface area contributed by atoms with Gasteiger partial charge in [-0.25, -0.2) is 4.98 Å². The number of benzene rings is 1. The first-order valence-electron chi connectivity index (χ1n) is 12.1. The predicted molar refractivity (Wildman–Crippen MR) is 136 cm³/mol. The number of alkyl halides is 3. The van der Waals surface area contributed by atoms with E-state index >= 15 is 0 Å². The maximum Gasteiger partial charge on any atom is 0.573 e. The average molecular weight is 536 g/mol. The Bertz CT molecular complexity index is 1270. The largest absolute Gasteiger partial charge is 0.573 e. The van der Waals surface area contributed by atoms with Crippen LogP contribution in [-0.4, -0.2) is 58.6 Å². The SMILES string of the molecule is CCN(CC)C(=O)c1cnc2snc(C)c2c1N1CCC(C(=O)Nc2ccc(OC(F)(F)F)cc2)CC1. The van der Waals surface area contributed by atoms with E-state index in [0.29, 0.717) is 50.3 Å². The van der Waals surface area contributed by atoms with Gasteiger partial charge in [-0.1, -0.05) is 0 Å². The molecule has 1 aromatic carbocycles. The van der Waals surface area contributed by atoms with Crippen molar-refractivity contribution in [3.8, 4) is 5.75 Å². The highest BCUT2D eigenvalue weighted by Crippen LogP contribution is 2.37. The molecule has 0 atom stereocenters. The number of aryl methyl sites for hydroxylation is 1. The minimum absolute atomic E-state index is 0.0854. The number of hydrogen-bond acceptors (Lipinski definition) is 7. The third kappa shape index (κ3) is 5.95. The van der Waals surface area contributed by atoms with Gasteiger partial charge in [-0.3, -0.25) is 9.59 Å². The number of carbonyl (C=O) groups is 2. The van der Waals surface area contributed by atoms with Crippen molar-refractivity contribution in [3.05, 3.63) is 41.7 Å². The molecule has 3 aromatic rings. The second-order valence-electron chi connectivity index (χ2n) is 8.77. The summed E-state index contributed by atoms with van der Waals surface area (Å²) in [4.78, 5) is 35.3. The lowest BCUT2D eigenvalue weighted by Gasteiger charge is -2.35. The number of hydrogen-bond donors (Lipinski definition) is 1. The first kappa shape index (κ1) is 26.6. The molecule has 0 bridgehead atoms. The van der Waals surface area contributed by atoms with E-state index in [4.69, 9.17) is 0 Å². The van der Waals surface area contributed by atoms with Crippen LogP contribution in [0.15, 0.2) is 30.5 Å². The minimum Gasteiger partial charge on any atom is -0.406 e. The summed E-state index contributed by atoms with van der Waals surface area (Å²) >= 11 is 1.29. The fourth-order valence-corrected chi connectivity index (χ4v) is 5.30. The van der Waals surface area contributed by atoms with Crippen molar-refractivity contribution in [1.29, 1.82) is 0 Å². The molecule has 1 aliphatic rings. The van der Waals surface area contributed by atoms with Gasteiger partial charge < -0.3 is 19.9 Å². The molecule has 3 heterocycles. The van der Waals surface area contributed by atoms with Crippen molar-refractivity contribution in [2.24, 2.45) is 5.92 Å². The Balaban J connectivity index is 1.48. The Morgan fingerprint density at radius 3 is 2.41 bits per heavy atom. The summed E-state index contributed by atoms with van der Waals surface area (Å²) in [5.41, 5.74) is 2.55. The maximum absolute atomic E-state index is 13.3. The van der Waals surface area contributed by atoms with Gasteiger partial charge in [-0.15, -0.1) is 13.2 Å². The molecule has 4 rings (SSSR count). The van der Waals surface area contributed by atoms with E-state index in [1.807, 2.05) is 20.8 Å². The van der Waals surface area contributed by atoms with E-state index in [2.05, 4.69) is 24.3 Å². The summed E-state index contributed by atoms with van der Waals surface area (Å²) in [5, 5.41) is 3.64. The summed E-state index contributed by atoms with van der Waals surface area (Å²) < 4.78 is 45.4. The summed E-state index contributed by atoms with van der Waals surface area (Å²) in [6.07, 6.45) is -2.03. The van der Waals surface area contributed by atoms with Crippen LogP contribution >= 0.6 is 11.5 Å². The summed E-state index contributed by atoms with van der Waals surface area (Å²) in [7, 11) is 0. The number of nitrogens with zero attached hydrogens (tertiary/aromatic N) is 4. The molecule has 2 aromatic heterocycles. The molecule has 0 spiro atoms. The van der Waals surface area contributed by atoms with Gasteiger partial charge in [-0.2, -0.15) is 4.37 Å². The van der Waals surface area contributed by atoms with Crippen molar-refractivity contribution in [2.75, 3.05) is 36.4 Å². The second-order valence-corrected chi connectivity index (χ2v) is 9.52. The lowest BCUT2D eigenvalue weighted by atomic mass is 9.94. The number of nitrogens with one attached hydrogen (secondary N) is 1. The molecule has 12 heteroatoms. The van der Waals surface area contributed by atoms with Gasteiger partial charge in [0, 0.05) is 44.0 Å². The van der Waals surface area contributed by atoms with Crippen LogP contribution in [0.3, 0.4) is 0 Å². The van der Waals surface area contributed by atoms with Crippen molar-refractivity contribution in [2.45, 2.75) is 40.0 Å². The van der Waals surface area contributed by atoms with E-state index in [1.54, 1.807) is 11.1 Å². The number of rotatable bonds is 7. The van der Waals surface area contributed by atoms with Crippen LogP contribution in [0.1, 0.15) is 42.7 Å².